The lowest BCUT2D eigenvalue weighted by Crippen LogP contribution is -2.38. The molecule has 2 amide bonds. The van der Waals surface area contributed by atoms with Crippen molar-refractivity contribution in [2.24, 2.45) is 0 Å². The van der Waals surface area contributed by atoms with E-state index in [1.54, 1.807) is 12.1 Å². The van der Waals surface area contributed by atoms with Crippen LogP contribution in [0.15, 0.2) is 48.5 Å². The topological polar surface area (TPSA) is 32.3 Å². The van der Waals surface area contributed by atoms with Crippen LogP contribution in [0, 0.1) is 5.82 Å². The fraction of sp³-hybridized carbons (Fsp3) is 0.381. The predicted octanol–water partition coefficient (Wildman–Crippen LogP) is 5.54. The number of likely N-dealkylation sites (tertiary alicyclic amines) is 1. The van der Waals surface area contributed by atoms with Crippen LogP contribution in [0.25, 0.3) is 0 Å². The van der Waals surface area contributed by atoms with Crippen molar-refractivity contribution in [3.63, 3.8) is 0 Å². The molecule has 0 aliphatic carbocycles. The van der Waals surface area contributed by atoms with Gasteiger partial charge in [0.1, 0.15) is 5.82 Å². The number of nitrogens with zero attached hydrogens (tertiary/aromatic N) is 1. The van der Waals surface area contributed by atoms with Gasteiger partial charge in [-0.1, -0.05) is 44.0 Å². The lowest BCUT2D eigenvalue weighted by molar-refractivity contribution is 0.189. The highest BCUT2D eigenvalue weighted by Gasteiger charge is 2.27. The minimum Gasteiger partial charge on any atom is -0.317 e. The summed E-state index contributed by atoms with van der Waals surface area (Å²) >= 11 is 0. The normalized spacial score (nSPS) is 17.8. The summed E-state index contributed by atoms with van der Waals surface area (Å²) in [7, 11) is 0. The van der Waals surface area contributed by atoms with Crippen LogP contribution in [0.2, 0.25) is 0 Å². The van der Waals surface area contributed by atoms with E-state index in [1.165, 1.54) is 11.6 Å². The van der Waals surface area contributed by atoms with Crippen molar-refractivity contribution in [3.05, 3.63) is 65.5 Å². The van der Waals surface area contributed by atoms with Gasteiger partial charge in [0.2, 0.25) is 0 Å². The molecule has 0 saturated carbocycles. The summed E-state index contributed by atoms with van der Waals surface area (Å²) in [4.78, 5) is 14.7. The molecule has 1 saturated heterocycles. The lowest BCUT2D eigenvalue weighted by atomic mass is 10.0. The summed E-state index contributed by atoms with van der Waals surface area (Å²) in [6.45, 7) is 2.80. The molecule has 1 heterocycles. The van der Waals surface area contributed by atoms with Gasteiger partial charge in [-0.15, -0.1) is 0 Å². The van der Waals surface area contributed by atoms with E-state index < -0.39 is 0 Å². The Labute approximate surface area is 148 Å². The molecule has 132 valence electrons. The highest BCUT2D eigenvalue weighted by atomic mass is 19.1. The van der Waals surface area contributed by atoms with Crippen molar-refractivity contribution in [1.82, 2.24) is 4.90 Å². The first kappa shape index (κ1) is 17.5. The van der Waals surface area contributed by atoms with Gasteiger partial charge in [-0.2, -0.15) is 0 Å². The van der Waals surface area contributed by atoms with Crippen molar-refractivity contribution >= 4 is 11.7 Å². The Morgan fingerprint density at radius 1 is 1.16 bits per heavy atom. The van der Waals surface area contributed by atoms with Crippen LogP contribution in [0.5, 0.6) is 0 Å². The number of urea groups is 1. The highest BCUT2D eigenvalue weighted by Crippen LogP contribution is 2.31. The van der Waals surface area contributed by atoms with E-state index in [9.17, 15) is 9.18 Å². The molecule has 25 heavy (non-hydrogen) atoms. The molecule has 4 heteroatoms. The molecule has 1 unspecified atom stereocenters. The van der Waals surface area contributed by atoms with Crippen molar-refractivity contribution < 1.29 is 9.18 Å². The zero-order valence-corrected chi connectivity index (χ0v) is 14.7. The zero-order valence-electron chi connectivity index (χ0n) is 14.7. The van der Waals surface area contributed by atoms with Crippen LogP contribution in [0.4, 0.5) is 14.9 Å². The number of hydrogen-bond acceptors (Lipinski definition) is 1. The molecule has 0 spiro atoms. The first-order valence-corrected chi connectivity index (χ1v) is 9.09. The van der Waals surface area contributed by atoms with Crippen LogP contribution in [0.1, 0.15) is 49.8 Å². The highest BCUT2D eigenvalue weighted by molar-refractivity contribution is 5.89. The minimum atomic E-state index is -0.253. The van der Waals surface area contributed by atoms with E-state index in [2.05, 4.69) is 12.2 Å². The number of rotatable bonds is 3. The fourth-order valence-electron chi connectivity index (χ4n) is 3.43. The van der Waals surface area contributed by atoms with Crippen LogP contribution in [-0.2, 0) is 6.42 Å². The summed E-state index contributed by atoms with van der Waals surface area (Å²) < 4.78 is 13.7. The van der Waals surface area contributed by atoms with Crippen LogP contribution in [0.3, 0.4) is 0 Å². The molecule has 1 aliphatic rings. The molecule has 1 fully saturated rings. The second-order valence-electron chi connectivity index (χ2n) is 6.59. The van der Waals surface area contributed by atoms with Gasteiger partial charge in [0.25, 0.3) is 0 Å². The standard InChI is InChI=1S/C21H25FN2O/c1-2-16-10-12-19(13-11-16)23-21(25)24-14-5-3-4-9-20(24)17-7-6-8-18(22)15-17/h6-8,10-13,15,20H,2-5,9,14H2,1H3,(H,23,25). The Kier molecular flexibility index (Phi) is 5.69. The average Bonchev–Trinajstić information content (AvgIpc) is 2.88. The number of halogens is 1. The molecule has 0 radical (unpaired) electrons. The van der Waals surface area contributed by atoms with Gasteiger partial charge in [0.05, 0.1) is 6.04 Å². The predicted molar refractivity (Wildman–Crippen MR) is 99.2 cm³/mol. The summed E-state index contributed by atoms with van der Waals surface area (Å²) in [6.07, 6.45) is 4.97. The van der Waals surface area contributed by atoms with Crippen molar-refractivity contribution in [3.8, 4) is 0 Å². The molecule has 0 aromatic heterocycles. The maximum absolute atomic E-state index is 13.7. The van der Waals surface area contributed by atoms with E-state index in [0.717, 1.165) is 43.4 Å². The van der Waals surface area contributed by atoms with Crippen LogP contribution in [-0.4, -0.2) is 17.5 Å². The maximum Gasteiger partial charge on any atom is 0.322 e. The number of carbonyl (C=O) groups is 1. The molecule has 1 N–H and O–H groups in total. The molecular weight excluding hydrogens is 315 g/mol. The smallest absolute Gasteiger partial charge is 0.317 e. The summed E-state index contributed by atoms with van der Waals surface area (Å²) in [5.74, 6) is -0.253. The minimum absolute atomic E-state index is 0.0758. The number of nitrogens with one attached hydrogen (secondary N) is 1. The first-order valence-electron chi connectivity index (χ1n) is 9.09. The molecular formula is C21H25FN2O. The van der Waals surface area contributed by atoms with Crippen molar-refractivity contribution in [2.45, 2.75) is 45.1 Å². The van der Waals surface area contributed by atoms with Gasteiger partial charge in [-0.25, -0.2) is 9.18 Å². The summed E-state index contributed by atoms with van der Waals surface area (Å²) in [6, 6.07) is 14.4. The molecule has 1 atom stereocenters. The molecule has 2 aromatic rings. The largest absolute Gasteiger partial charge is 0.322 e. The van der Waals surface area contributed by atoms with Gasteiger partial charge < -0.3 is 10.2 Å². The number of aryl methyl sites for hydroxylation is 1. The van der Waals surface area contributed by atoms with Crippen molar-refractivity contribution in [1.29, 1.82) is 0 Å². The van der Waals surface area contributed by atoms with Crippen LogP contribution >= 0.6 is 0 Å². The second-order valence-corrected chi connectivity index (χ2v) is 6.59. The number of hydrogen-bond donors (Lipinski definition) is 1. The van der Waals surface area contributed by atoms with Crippen molar-refractivity contribution in [2.75, 3.05) is 11.9 Å². The fourth-order valence-corrected chi connectivity index (χ4v) is 3.43. The van der Waals surface area contributed by atoms with E-state index in [-0.39, 0.29) is 17.9 Å². The van der Waals surface area contributed by atoms with E-state index in [4.69, 9.17) is 0 Å². The van der Waals surface area contributed by atoms with Gasteiger partial charge >= 0.3 is 6.03 Å². The Bertz CT molecular complexity index is 714. The Hall–Kier alpha value is -2.36. The molecule has 3 rings (SSSR count). The van der Waals surface area contributed by atoms with E-state index in [0.29, 0.717) is 6.54 Å². The molecule has 2 aromatic carbocycles. The van der Waals surface area contributed by atoms with Gasteiger partial charge in [0, 0.05) is 12.2 Å². The van der Waals surface area contributed by atoms with Crippen LogP contribution < -0.4 is 5.32 Å². The first-order chi connectivity index (χ1) is 12.2. The monoisotopic (exact) mass is 340 g/mol. The summed E-state index contributed by atoms with van der Waals surface area (Å²) in [5, 5.41) is 3.00. The van der Waals surface area contributed by atoms with E-state index in [1.807, 2.05) is 35.2 Å². The SMILES string of the molecule is CCc1ccc(NC(=O)N2CCCCCC2c2cccc(F)c2)cc1. The number of amides is 2. The molecule has 1 aliphatic heterocycles. The Morgan fingerprint density at radius 2 is 1.96 bits per heavy atom. The third-order valence-corrected chi connectivity index (χ3v) is 4.86. The third-order valence-electron chi connectivity index (χ3n) is 4.86. The number of carbonyl (C=O) groups excluding carboxylic acids is 1. The zero-order chi connectivity index (χ0) is 17.6. The molecule has 3 nitrogen and oxygen atoms in total. The van der Waals surface area contributed by atoms with Gasteiger partial charge in [-0.05, 0) is 54.7 Å². The quantitative estimate of drug-likeness (QED) is 0.782. The average molecular weight is 340 g/mol. The second kappa shape index (κ2) is 8.15. The summed E-state index contributed by atoms with van der Waals surface area (Å²) in [5.41, 5.74) is 2.91. The maximum atomic E-state index is 13.7. The number of benzene rings is 2. The number of anilines is 1. The molecule has 0 bridgehead atoms. The van der Waals surface area contributed by atoms with Gasteiger partial charge in [-0.3, -0.25) is 0 Å². The Morgan fingerprint density at radius 3 is 2.68 bits per heavy atom. The third kappa shape index (κ3) is 4.38. The lowest BCUT2D eigenvalue weighted by Gasteiger charge is -2.30. The van der Waals surface area contributed by atoms with Gasteiger partial charge in [0.15, 0.2) is 0 Å². The Balaban J connectivity index is 1.79. The van der Waals surface area contributed by atoms with E-state index >= 15 is 0 Å².